The Bertz CT molecular complexity index is 586. The Morgan fingerprint density at radius 3 is 2.75 bits per heavy atom. The van der Waals surface area contributed by atoms with E-state index in [0.717, 1.165) is 17.9 Å². The first-order valence-corrected chi connectivity index (χ1v) is 7.24. The van der Waals surface area contributed by atoms with Gasteiger partial charge in [-0.1, -0.05) is 18.2 Å². The molecular weight excluding hydrogens is 318 g/mol. The number of aromatic hydroxyl groups is 1. The van der Waals surface area contributed by atoms with Gasteiger partial charge in [0.1, 0.15) is 11.5 Å². The predicted octanol–water partition coefficient (Wildman–Crippen LogP) is 4.01. The minimum absolute atomic E-state index is 0.220. The first-order chi connectivity index (χ1) is 9.60. The van der Waals surface area contributed by atoms with E-state index in [1.165, 1.54) is 5.56 Å². The van der Waals surface area contributed by atoms with Crippen molar-refractivity contribution in [2.24, 2.45) is 0 Å². The molecule has 0 spiro atoms. The third-order valence-electron chi connectivity index (χ3n) is 3.22. The van der Waals surface area contributed by atoms with Crippen LogP contribution in [-0.4, -0.2) is 12.2 Å². The largest absolute Gasteiger partial charge is 0.507 e. The van der Waals surface area contributed by atoms with Crippen LogP contribution in [0.5, 0.6) is 11.5 Å². The van der Waals surface area contributed by atoms with Gasteiger partial charge in [0.25, 0.3) is 0 Å². The quantitative estimate of drug-likeness (QED) is 0.867. The number of ether oxygens (including phenoxy) is 1. The highest BCUT2D eigenvalue weighted by Gasteiger charge is 2.06. The molecule has 0 radical (unpaired) electrons. The van der Waals surface area contributed by atoms with E-state index in [-0.39, 0.29) is 11.8 Å². The Morgan fingerprint density at radius 1 is 1.25 bits per heavy atom. The van der Waals surface area contributed by atoms with Crippen molar-refractivity contribution in [2.45, 2.75) is 19.5 Å². The van der Waals surface area contributed by atoms with Crippen LogP contribution in [0, 0.1) is 0 Å². The fourth-order valence-corrected chi connectivity index (χ4v) is 2.39. The Kier molecular flexibility index (Phi) is 5.04. The van der Waals surface area contributed by atoms with E-state index in [2.05, 4.69) is 34.2 Å². The molecule has 106 valence electrons. The fourth-order valence-electron chi connectivity index (χ4n) is 1.96. The van der Waals surface area contributed by atoms with Crippen LogP contribution in [0.2, 0.25) is 0 Å². The van der Waals surface area contributed by atoms with E-state index in [0.29, 0.717) is 4.47 Å². The number of benzene rings is 2. The lowest BCUT2D eigenvalue weighted by atomic mass is 10.1. The summed E-state index contributed by atoms with van der Waals surface area (Å²) < 4.78 is 5.95. The average molecular weight is 336 g/mol. The molecule has 2 aromatic rings. The van der Waals surface area contributed by atoms with Crippen LogP contribution in [0.15, 0.2) is 46.9 Å². The van der Waals surface area contributed by atoms with E-state index in [1.54, 1.807) is 13.2 Å². The molecule has 0 aliphatic rings. The summed E-state index contributed by atoms with van der Waals surface area (Å²) in [5.41, 5.74) is 2.30. The molecule has 0 heterocycles. The minimum atomic E-state index is 0.220. The normalized spacial score (nSPS) is 12.2. The third-order valence-corrected chi connectivity index (χ3v) is 3.85. The second kappa shape index (κ2) is 6.77. The number of methoxy groups -OCH3 is 1. The highest BCUT2D eigenvalue weighted by Crippen LogP contribution is 2.25. The number of hydrogen-bond donors (Lipinski definition) is 2. The molecule has 0 saturated carbocycles. The van der Waals surface area contributed by atoms with E-state index in [1.807, 2.05) is 30.3 Å². The maximum absolute atomic E-state index is 9.48. The Morgan fingerprint density at radius 2 is 2.05 bits per heavy atom. The van der Waals surface area contributed by atoms with Gasteiger partial charge in [-0.2, -0.15) is 0 Å². The number of hydrogen-bond acceptors (Lipinski definition) is 3. The van der Waals surface area contributed by atoms with Crippen LogP contribution >= 0.6 is 15.9 Å². The molecule has 0 unspecified atom stereocenters. The lowest BCUT2D eigenvalue weighted by molar-refractivity contribution is 0.413. The summed E-state index contributed by atoms with van der Waals surface area (Å²) in [6.45, 7) is 2.85. The molecule has 3 nitrogen and oxygen atoms in total. The maximum atomic E-state index is 9.48. The first kappa shape index (κ1) is 14.9. The van der Waals surface area contributed by atoms with Crippen LogP contribution < -0.4 is 10.1 Å². The van der Waals surface area contributed by atoms with Gasteiger partial charge >= 0.3 is 0 Å². The average Bonchev–Trinajstić information content (AvgIpc) is 2.48. The van der Waals surface area contributed by atoms with Crippen molar-refractivity contribution < 1.29 is 9.84 Å². The van der Waals surface area contributed by atoms with Crippen molar-refractivity contribution in [2.75, 3.05) is 7.11 Å². The fraction of sp³-hybridized carbons (Fsp3) is 0.250. The Labute approximate surface area is 127 Å². The number of nitrogens with one attached hydrogen (secondary N) is 1. The standard InChI is InChI=1S/C16H18BrNO2/c1-11(13-4-3-5-14(9-13)20-2)18-10-12-6-7-16(19)15(17)8-12/h3-9,11,18-19H,10H2,1-2H3/t11-/m1/s1. The summed E-state index contributed by atoms with van der Waals surface area (Å²) in [5, 5.41) is 12.9. The van der Waals surface area contributed by atoms with Gasteiger partial charge in [0.15, 0.2) is 0 Å². The molecule has 2 rings (SSSR count). The molecular formula is C16H18BrNO2. The van der Waals surface area contributed by atoms with Crippen LogP contribution in [0.4, 0.5) is 0 Å². The zero-order valence-electron chi connectivity index (χ0n) is 11.6. The van der Waals surface area contributed by atoms with Gasteiger partial charge in [-0.25, -0.2) is 0 Å². The van der Waals surface area contributed by atoms with Crippen LogP contribution in [-0.2, 0) is 6.54 Å². The zero-order chi connectivity index (χ0) is 14.5. The molecule has 0 amide bonds. The lowest BCUT2D eigenvalue weighted by Gasteiger charge is -2.15. The van der Waals surface area contributed by atoms with Crippen molar-refractivity contribution in [1.29, 1.82) is 0 Å². The summed E-state index contributed by atoms with van der Waals surface area (Å²) in [7, 11) is 1.67. The maximum Gasteiger partial charge on any atom is 0.129 e. The second-order valence-corrected chi connectivity index (χ2v) is 5.52. The van der Waals surface area contributed by atoms with Gasteiger partial charge in [0.05, 0.1) is 11.6 Å². The molecule has 4 heteroatoms. The monoisotopic (exact) mass is 335 g/mol. The van der Waals surface area contributed by atoms with Gasteiger partial charge < -0.3 is 15.2 Å². The summed E-state index contributed by atoms with van der Waals surface area (Å²) in [4.78, 5) is 0. The topological polar surface area (TPSA) is 41.5 Å². The molecule has 0 fully saturated rings. The van der Waals surface area contributed by atoms with E-state index in [4.69, 9.17) is 4.74 Å². The smallest absolute Gasteiger partial charge is 0.129 e. The van der Waals surface area contributed by atoms with Gasteiger partial charge in [-0.3, -0.25) is 0 Å². The summed E-state index contributed by atoms with van der Waals surface area (Å²) in [6.07, 6.45) is 0. The van der Waals surface area contributed by atoms with Crippen LogP contribution in [0.25, 0.3) is 0 Å². The summed E-state index contributed by atoms with van der Waals surface area (Å²) in [5.74, 6) is 1.12. The number of phenolic OH excluding ortho intramolecular Hbond substituents is 1. The van der Waals surface area contributed by atoms with E-state index < -0.39 is 0 Å². The number of phenols is 1. The first-order valence-electron chi connectivity index (χ1n) is 6.45. The lowest BCUT2D eigenvalue weighted by Crippen LogP contribution is -2.18. The third kappa shape index (κ3) is 3.74. The molecule has 2 aromatic carbocycles. The highest BCUT2D eigenvalue weighted by atomic mass is 79.9. The van der Waals surface area contributed by atoms with Gasteiger partial charge in [-0.15, -0.1) is 0 Å². The highest BCUT2D eigenvalue weighted by molar-refractivity contribution is 9.10. The van der Waals surface area contributed by atoms with Crippen molar-refractivity contribution in [3.05, 3.63) is 58.1 Å². The minimum Gasteiger partial charge on any atom is -0.507 e. The molecule has 0 bridgehead atoms. The van der Waals surface area contributed by atoms with Crippen LogP contribution in [0.3, 0.4) is 0 Å². The van der Waals surface area contributed by atoms with Gasteiger partial charge in [-0.05, 0) is 58.2 Å². The predicted molar refractivity (Wildman–Crippen MR) is 84.1 cm³/mol. The molecule has 0 aliphatic carbocycles. The molecule has 0 saturated heterocycles. The SMILES string of the molecule is COc1cccc([C@@H](C)NCc2ccc(O)c(Br)c2)c1. The van der Waals surface area contributed by atoms with Gasteiger partial charge in [0.2, 0.25) is 0 Å². The second-order valence-electron chi connectivity index (χ2n) is 4.66. The molecule has 2 N–H and O–H groups in total. The van der Waals surface area contributed by atoms with E-state index in [9.17, 15) is 5.11 Å². The van der Waals surface area contributed by atoms with E-state index >= 15 is 0 Å². The zero-order valence-corrected chi connectivity index (χ0v) is 13.1. The number of rotatable bonds is 5. The van der Waals surface area contributed by atoms with Gasteiger partial charge in [0, 0.05) is 12.6 Å². The molecule has 0 aliphatic heterocycles. The summed E-state index contributed by atoms with van der Waals surface area (Å²) in [6, 6.07) is 13.8. The number of halogens is 1. The summed E-state index contributed by atoms with van der Waals surface area (Å²) >= 11 is 3.32. The van der Waals surface area contributed by atoms with Crippen molar-refractivity contribution in [3.63, 3.8) is 0 Å². The molecule has 1 atom stereocenters. The Balaban J connectivity index is 2.00. The molecule has 0 aromatic heterocycles. The Hall–Kier alpha value is -1.52. The van der Waals surface area contributed by atoms with Crippen molar-refractivity contribution in [3.8, 4) is 11.5 Å². The van der Waals surface area contributed by atoms with Crippen molar-refractivity contribution in [1.82, 2.24) is 5.32 Å². The molecule has 20 heavy (non-hydrogen) atoms. The van der Waals surface area contributed by atoms with Crippen molar-refractivity contribution >= 4 is 15.9 Å². The van der Waals surface area contributed by atoms with Crippen LogP contribution in [0.1, 0.15) is 24.1 Å².